The van der Waals surface area contributed by atoms with Crippen molar-refractivity contribution in [1.82, 2.24) is 0 Å². The fourth-order valence-corrected chi connectivity index (χ4v) is 0.279. The Morgan fingerprint density at radius 3 is 2.18 bits per heavy atom. The van der Waals surface area contributed by atoms with Crippen LogP contribution in [0.4, 0.5) is 0 Å². The van der Waals surface area contributed by atoms with E-state index in [2.05, 4.69) is 4.74 Å². The van der Waals surface area contributed by atoms with Crippen LogP contribution >= 0.6 is 0 Å². The number of carbonyl (C=O) groups excluding carboxylic acids is 1. The van der Waals surface area contributed by atoms with Crippen LogP contribution in [0.3, 0.4) is 0 Å². The SMILES string of the molecule is CCC(=O)OCC(O)(O)O.[NaH]. The molecule has 0 rings (SSSR count). The molecular formula is C5H11NaO5. The number of esters is 1. The number of aliphatic hydroxyl groups is 3. The first-order chi connectivity index (χ1) is 4.45. The van der Waals surface area contributed by atoms with E-state index in [9.17, 15) is 4.79 Å². The molecular weight excluding hydrogens is 163 g/mol. The number of carbonyl (C=O) groups is 1. The summed E-state index contributed by atoms with van der Waals surface area (Å²) in [6.45, 7) is 0.732. The van der Waals surface area contributed by atoms with Gasteiger partial charge in [0.1, 0.15) is 0 Å². The molecule has 0 aromatic heterocycles. The van der Waals surface area contributed by atoms with Gasteiger partial charge in [0.2, 0.25) is 0 Å². The predicted octanol–water partition coefficient (Wildman–Crippen LogP) is -2.08. The summed E-state index contributed by atoms with van der Waals surface area (Å²) in [7, 11) is 0. The summed E-state index contributed by atoms with van der Waals surface area (Å²) in [4.78, 5) is 10.3. The number of hydrogen-bond donors (Lipinski definition) is 3. The molecule has 0 aliphatic rings. The maximum absolute atomic E-state index is 10.3. The molecule has 6 heteroatoms. The van der Waals surface area contributed by atoms with Crippen molar-refractivity contribution in [2.24, 2.45) is 0 Å². The Kier molecular flexibility index (Phi) is 7.50. The van der Waals surface area contributed by atoms with E-state index < -0.39 is 18.5 Å². The van der Waals surface area contributed by atoms with Crippen molar-refractivity contribution in [1.29, 1.82) is 0 Å². The normalized spacial score (nSPS) is 10.2. The molecule has 0 spiro atoms. The van der Waals surface area contributed by atoms with Crippen molar-refractivity contribution in [3.05, 3.63) is 0 Å². The zero-order chi connectivity index (χ0) is 8.20. The van der Waals surface area contributed by atoms with Crippen molar-refractivity contribution in [2.75, 3.05) is 6.61 Å². The van der Waals surface area contributed by atoms with Gasteiger partial charge in [0.15, 0.2) is 6.61 Å². The number of ether oxygens (including phenoxy) is 1. The van der Waals surface area contributed by atoms with Crippen molar-refractivity contribution in [3.63, 3.8) is 0 Å². The maximum atomic E-state index is 10.3. The first-order valence-corrected chi connectivity index (χ1v) is 2.78. The molecule has 0 aromatic carbocycles. The van der Waals surface area contributed by atoms with E-state index in [4.69, 9.17) is 15.3 Å². The van der Waals surface area contributed by atoms with E-state index in [0.717, 1.165) is 0 Å². The first-order valence-electron chi connectivity index (χ1n) is 2.78. The van der Waals surface area contributed by atoms with E-state index in [0.29, 0.717) is 0 Å². The Morgan fingerprint density at radius 1 is 1.45 bits per heavy atom. The molecule has 3 N–H and O–H groups in total. The monoisotopic (exact) mass is 174 g/mol. The van der Waals surface area contributed by atoms with Crippen LogP contribution in [0.25, 0.3) is 0 Å². The van der Waals surface area contributed by atoms with Crippen molar-refractivity contribution < 1.29 is 24.9 Å². The van der Waals surface area contributed by atoms with Gasteiger partial charge in [-0.05, 0) is 0 Å². The number of rotatable bonds is 3. The molecule has 62 valence electrons. The molecule has 0 amide bonds. The molecule has 0 aromatic rings. The minimum atomic E-state index is -2.91. The summed E-state index contributed by atoms with van der Waals surface area (Å²) in [5, 5.41) is 24.6. The van der Waals surface area contributed by atoms with Crippen molar-refractivity contribution in [2.45, 2.75) is 19.3 Å². The molecule has 0 heterocycles. The molecule has 0 aliphatic carbocycles. The van der Waals surface area contributed by atoms with Gasteiger partial charge in [-0.2, -0.15) is 0 Å². The van der Waals surface area contributed by atoms with Gasteiger partial charge in [-0.15, -0.1) is 0 Å². The van der Waals surface area contributed by atoms with Gasteiger partial charge in [-0.3, -0.25) is 4.79 Å². The van der Waals surface area contributed by atoms with Crippen LogP contribution < -0.4 is 0 Å². The van der Waals surface area contributed by atoms with E-state index in [1.54, 1.807) is 6.92 Å². The quantitative estimate of drug-likeness (QED) is 0.260. The Labute approximate surface area is 86.3 Å². The van der Waals surface area contributed by atoms with Gasteiger partial charge < -0.3 is 20.1 Å². The third-order valence-corrected chi connectivity index (χ3v) is 0.715. The molecule has 0 fully saturated rings. The van der Waals surface area contributed by atoms with Crippen LogP contribution in [0.15, 0.2) is 0 Å². The van der Waals surface area contributed by atoms with Gasteiger partial charge in [0.05, 0.1) is 0 Å². The second kappa shape index (κ2) is 5.93. The van der Waals surface area contributed by atoms with Gasteiger partial charge >= 0.3 is 41.5 Å². The molecule has 0 saturated heterocycles. The van der Waals surface area contributed by atoms with Crippen molar-refractivity contribution in [3.8, 4) is 0 Å². The Morgan fingerprint density at radius 2 is 1.91 bits per heavy atom. The van der Waals surface area contributed by atoms with Crippen LogP contribution in [0.1, 0.15) is 13.3 Å². The summed E-state index contributed by atoms with van der Waals surface area (Å²) in [6, 6.07) is 0. The number of hydrogen-bond acceptors (Lipinski definition) is 5. The zero-order valence-electron chi connectivity index (χ0n) is 5.57. The van der Waals surface area contributed by atoms with Crippen LogP contribution in [0, 0.1) is 0 Å². The summed E-state index contributed by atoms with van der Waals surface area (Å²) in [5.41, 5.74) is 0. The summed E-state index contributed by atoms with van der Waals surface area (Å²) in [6.07, 6.45) is 0.135. The van der Waals surface area contributed by atoms with Crippen molar-refractivity contribution >= 4 is 35.5 Å². The van der Waals surface area contributed by atoms with Gasteiger partial charge in [-0.1, -0.05) is 6.92 Å². The topological polar surface area (TPSA) is 87.0 Å². The molecule has 0 saturated carbocycles. The van der Waals surface area contributed by atoms with E-state index in [1.165, 1.54) is 0 Å². The molecule has 0 atom stereocenters. The predicted molar refractivity (Wildman–Crippen MR) is 37.8 cm³/mol. The Hall–Kier alpha value is 0.350. The fraction of sp³-hybridized carbons (Fsp3) is 0.800. The van der Waals surface area contributed by atoms with E-state index >= 15 is 0 Å². The van der Waals surface area contributed by atoms with Crippen LogP contribution in [-0.4, -0.2) is 63.4 Å². The molecule has 0 radical (unpaired) electrons. The summed E-state index contributed by atoms with van der Waals surface area (Å²) < 4.78 is 4.17. The van der Waals surface area contributed by atoms with Crippen LogP contribution in [0.5, 0.6) is 0 Å². The molecule has 0 aliphatic heterocycles. The fourth-order valence-electron chi connectivity index (χ4n) is 0.279. The molecule has 0 unspecified atom stereocenters. The van der Waals surface area contributed by atoms with Gasteiger partial charge in [-0.25, -0.2) is 0 Å². The average molecular weight is 174 g/mol. The second-order valence-corrected chi connectivity index (χ2v) is 1.79. The Balaban J connectivity index is 0. The average Bonchev–Trinajstić information content (AvgIpc) is 1.81. The summed E-state index contributed by atoms with van der Waals surface area (Å²) in [5.74, 6) is -3.51. The molecule has 11 heavy (non-hydrogen) atoms. The second-order valence-electron chi connectivity index (χ2n) is 1.79. The van der Waals surface area contributed by atoms with Gasteiger partial charge in [0.25, 0.3) is 0 Å². The van der Waals surface area contributed by atoms with E-state index in [1.807, 2.05) is 0 Å². The third kappa shape index (κ3) is 10.4. The van der Waals surface area contributed by atoms with E-state index in [-0.39, 0.29) is 36.0 Å². The van der Waals surface area contributed by atoms with Gasteiger partial charge in [0, 0.05) is 6.42 Å². The Bertz CT molecular complexity index is 119. The van der Waals surface area contributed by atoms with Crippen LogP contribution in [-0.2, 0) is 9.53 Å². The minimum absolute atomic E-state index is 0. The third-order valence-electron chi connectivity index (χ3n) is 0.715. The zero-order valence-corrected chi connectivity index (χ0v) is 5.57. The van der Waals surface area contributed by atoms with Crippen LogP contribution in [0.2, 0.25) is 0 Å². The first kappa shape index (κ1) is 13.9. The standard InChI is InChI=1S/C5H10O5.Na.H/c1-2-4(6)10-3-5(7,8)9;;/h7-9H,2-3H2,1H3;;. The molecule has 5 nitrogen and oxygen atoms in total. The summed E-state index contributed by atoms with van der Waals surface area (Å²) >= 11 is 0. The molecule has 0 bridgehead atoms.